The van der Waals surface area contributed by atoms with Crippen LogP contribution in [0.2, 0.25) is 0 Å². The largest absolute Gasteiger partial charge is 0.399 e. The zero-order valence-corrected chi connectivity index (χ0v) is 6.25. The predicted molar refractivity (Wildman–Crippen MR) is 43.2 cm³/mol. The standard InChI is InChI=1S/C8H7FN2O/c9-4-7-6-2-1-5(10)3-8(6)12-11-7/h1-3H,4,10H2. The second-order valence-electron chi connectivity index (χ2n) is 2.52. The summed E-state index contributed by atoms with van der Waals surface area (Å²) in [6.07, 6.45) is 0. The second kappa shape index (κ2) is 2.48. The van der Waals surface area contributed by atoms with Crippen LogP contribution in [0.5, 0.6) is 0 Å². The van der Waals surface area contributed by atoms with Crippen LogP contribution in [0.15, 0.2) is 22.7 Å². The normalized spacial score (nSPS) is 10.8. The lowest BCUT2D eigenvalue weighted by molar-refractivity contribution is 0.410. The highest BCUT2D eigenvalue weighted by atomic mass is 19.1. The van der Waals surface area contributed by atoms with Gasteiger partial charge in [-0.1, -0.05) is 5.16 Å². The van der Waals surface area contributed by atoms with E-state index >= 15 is 0 Å². The fraction of sp³-hybridized carbons (Fsp3) is 0.125. The van der Waals surface area contributed by atoms with Gasteiger partial charge in [-0.2, -0.15) is 0 Å². The Morgan fingerprint density at radius 1 is 1.50 bits per heavy atom. The molecule has 0 bridgehead atoms. The molecule has 0 amide bonds. The Bertz CT molecular complexity index is 410. The van der Waals surface area contributed by atoms with Gasteiger partial charge in [-0.05, 0) is 12.1 Å². The van der Waals surface area contributed by atoms with Crippen molar-refractivity contribution in [3.05, 3.63) is 23.9 Å². The summed E-state index contributed by atoms with van der Waals surface area (Å²) in [5, 5.41) is 4.24. The number of anilines is 1. The van der Waals surface area contributed by atoms with Gasteiger partial charge < -0.3 is 10.3 Å². The highest BCUT2D eigenvalue weighted by molar-refractivity contribution is 5.82. The Hall–Kier alpha value is -1.58. The molecule has 0 spiro atoms. The van der Waals surface area contributed by atoms with Gasteiger partial charge in [-0.15, -0.1) is 0 Å². The van der Waals surface area contributed by atoms with E-state index in [9.17, 15) is 4.39 Å². The van der Waals surface area contributed by atoms with E-state index in [4.69, 9.17) is 10.3 Å². The molecule has 1 heterocycles. The number of rotatable bonds is 1. The van der Waals surface area contributed by atoms with Crippen LogP contribution in [0.3, 0.4) is 0 Å². The van der Waals surface area contributed by atoms with Crippen LogP contribution in [0.4, 0.5) is 10.1 Å². The first kappa shape index (κ1) is 7.09. The SMILES string of the molecule is Nc1ccc2c(CF)noc2c1. The zero-order chi connectivity index (χ0) is 8.55. The zero-order valence-electron chi connectivity index (χ0n) is 6.25. The number of fused-ring (bicyclic) bond motifs is 1. The minimum absolute atomic E-state index is 0.324. The third-order valence-corrected chi connectivity index (χ3v) is 1.70. The molecule has 2 rings (SSSR count). The molecule has 62 valence electrons. The summed E-state index contributed by atoms with van der Waals surface area (Å²) >= 11 is 0. The summed E-state index contributed by atoms with van der Waals surface area (Å²) in [5.74, 6) is 0. The van der Waals surface area contributed by atoms with Gasteiger partial charge in [0.25, 0.3) is 0 Å². The van der Waals surface area contributed by atoms with Gasteiger partial charge in [0.05, 0.1) is 0 Å². The second-order valence-corrected chi connectivity index (χ2v) is 2.52. The molecule has 0 saturated heterocycles. The van der Waals surface area contributed by atoms with Crippen molar-refractivity contribution in [1.82, 2.24) is 5.16 Å². The van der Waals surface area contributed by atoms with Crippen molar-refractivity contribution in [2.45, 2.75) is 6.67 Å². The number of aromatic nitrogens is 1. The number of benzene rings is 1. The van der Waals surface area contributed by atoms with E-state index in [0.717, 1.165) is 0 Å². The summed E-state index contributed by atoms with van der Waals surface area (Å²) in [6, 6.07) is 5.02. The summed E-state index contributed by atoms with van der Waals surface area (Å²) in [6.45, 7) is -0.614. The Kier molecular flexibility index (Phi) is 1.46. The molecule has 12 heavy (non-hydrogen) atoms. The minimum atomic E-state index is -0.614. The first-order valence-electron chi connectivity index (χ1n) is 3.51. The molecule has 0 radical (unpaired) electrons. The predicted octanol–water partition coefficient (Wildman–Crippen LogP) is 1.88. The average molecular weight is 166 g/mol. The molecule has 2 aromatic rings. The van der Waals surface area contributed by atoms with Crippen LogP contribution in [0.25, 0.3) is 11.0 Å². The molecule has 2 N–H and O–H groups in total. The van der Waals surface area contributed by atoms with Gasteiger partial charge in [0.15, 0.2) is 5.58 Å². The molecule has 1 aromatic heterocycles. The average Bonchev–Trinajstić information content (AvgIpc) is 2.46. The monoisotopic (exact) mass is 166 g/mol. The number of nitrogens with two attached hydrogens (primary N) is 1. The van der Waals surface area contributed by atoms with Crippen molar-refractivity contribution in [2.75, 3.05) is 5.73 Å². The van der Waals surface area contributed by atoms with Gasteiger partial charge in [0, 0.05) is 17.1 Å². The number of alkyl halides is 1. The molecule has 0 aliphatic carbocycles. The Morgan fingerprint density at radius 3 is 3.08 bits per heavy atom. The molecule has 0 fully saturated rings. The van der Waals surface area contributed by atoms with E-state index in [2.05, 4.69) is 5.16 Å². The van der Waals surface area contributed by atoms with Crippen LogP contribution in [-0.2, 0) is 6.67 Å². The van der Waals surface area contributed by atoms with Gasteiger partial charge in [0.1, 0.15) is 12.4 Å². The van der Waals surface area contributed by atoms with E-state index in [1.165, 1.54) is 0 Å². The summed E-state index contributed by atoms with van der Waals surface area (Å²) in [4.78, 5) is 0. The third kappa shape index (κ3) is 0.922. The van der Waals surface area contributed by atoms with Crippen molar-refractivity contribution in [1.29, 1.82) is 0 Å². The van der Waals surface area contributed by atoms with Crippen LogP contribution < -0.4 is 5.73 Å². The third-order valence-electron chi connectivity index (χ3n) is 1.70. The number of nitrogens with zero attached hydrogens (tertiary/aromatic N) is 1. The van der Waals surface area contributed by atoms with E-state index in [-0.39, 0.29) is 0 Å². The molecule has 0 aliphatic heterocycles. The van der Waals surface area contributed by atoms with E-state index in [1.807, 2.05) is 0 Å². The fourth-order valence-corrected chi connectivity index (χ4v) is 1.10. The smallest absolute Gasteiger partial charge is 0.169 e. The van der Waals surface area contributed by atoms with Gasteiger partial charge >= 0.3 is 0 Å². The first-order chi connectivity index (χ1) is 5.81. The van der Waals surface area contributed by atoms with Crippen molar-refractivity contribution in [3.8, 4) is 0 Å². The Morgan fingerprint density at radius 2 is 2.33 bits per heavy atom. The van der Waals surface area contributed by atoms with Crippen molar-refractivity contribution < 1.29 is 8.91 Å². The summed E-state index contributed by atoms with van der Waals surface area (Å²) < 4.78 is 17.1. The summed E-state index contributed by atoms with van der Waals surface area (Å²) in [7, 11) is 0. The Balaban J connectivity index is 2.73. The van der Waals surface area contributed by atoms with E-state index in [0.29, 0.717) is 22.4 Å². The molecular weight excluding hydrogens is 159 g/mol. The fourth-order valence-electron chi connectivity index (χ4n) is 1.10. The maximum absolute atomic E-state index is 12.2. The van der Waals surface area contributed by atoms with Crippen LogP contribution in [-0.4, -0.2) is 5.16 Å². The van der Waals surface area contributed by atoms with E-state index < -0.39 is 6.67 Å². The number of halogens is 1. The minimum Gasteiger partial charge on any atom is -0.399 e. The lowest BCUT2D eigenvalue weighted by atomic mass is 10.2. The quantitative estimate of drug-likeness (QED) is 0.658. The van der Waals surface area contributed by atoms with Crippen LogP contribution >= 0.6 is 0 Å². The van der Waals surface area contributed by atoms with Gasteiger partial charge in [-0.25, -0.2) is 4.39 Å². The molecule has 0 unspecified atom stereocenters. The Labute approximate surface area is 67.9 Å². The number of hydrogen-bond donors (Lipinski definition) is 1. The highest BCUT2D eigenvalue weighted by Crippen LogP contribution is 2.21. The molecular formula is C8H7FN2O. The maximum atomic E-state index is 12.2. The number of hydrogen-bond acceptors (Lipinski definition) is 3. The summed E-state index contributed by atoms with van der Waals surface area (Å²) in [5.41, 5.74) is 6.93. The molecule has 0 aliphatic rings. The topological polar surface area (TPSA) is 52.0 Å². The van der Waals surface area contributed by atoms with Gasteiger partial charge in [-0.3, -0.25) is 0 Å². The van der Waals surface area contributed by atoms with Crippen molar-refractivity contribution in [3.63, 3.8) is 0 Å². The molecule has 0 saturated carbocycles. The molecule has 4 heteroatoms. The highest BCUT2D eigenvalue weighted by Gasteiger charge is 2.06. The molecule has 0 atom stereocenters. The lowest BCUT2D eigenvalue weighted by Gasteiger charge is -1.90. The van der Waals surface area contributed by atoms with Crippen LogP contribution in [0, 0.1) is 0 Å². The lowest BCUT2D eigenvalue weighted by Crippen LogP contribution is -1.82. The van der Waals surface area contributed by atoms with Crippen molar-refractivity contribution in [2.24, 2.45) is 0 Å². The first-order valence-corrected chi connectivity index (χ1v) is 3.51. The molecule has 3 nitrogen and oxygen atoms in total. The number of nitrogen functional groups attached to an aromatic ring is 1. The van der Waals surface area contributed by atoms with Gasteiger partial charge in [0.2, 0.25) is 0 Å². The molecule has 1 aromatic carbocycles. The van der Waals surface area contributed by atoms with E-state index in [1.54, 1.807) is 18.2 Å². The van der Waals surface area contributed by atoms with Crippen molar-refractivity contribution >= 4 is 16.7 Å². The maximum Gasteiger partial charge on any atom is 0.169 e. The van der Waals surface area contributed by atoms with Crippen LogP contribution in [0.1, 0.15) is 5.69 Å².